The largest absolute Gasteiger partial charge is 0.456 e. The molecule has 4 rings (SSSR count). The highest BCUT2D eigenvalue weighted by Crippen LogP contribution is 2.47. The van der Waals surface area contributed by atoms with Crippen molar-refractivity contribution in [3.63, 3.8) is 0 Å². The maximum Gasteiger partial charge on any atom is 0.264 e. The van der Waals surface area contributed by atoms with Crippen LogP contribution in [0.3, 0.4) is 0 Å². The summed E-state index contributed by atoms with van der Waals surface area (Å²) in [6, 6.07) is 10.7. The number of aryl methyl sites for hydroxylation is 4. The molecular weight excluding hydrogens is 478 g/mol. The highest BCUT2D eigenvalue weighted by Gasteiger charge is 2.26. The first kappa shape index (κ1) is 25.6. The van der Waals surface area contributed by atoms with Crippen LogP contribution in [0.15, 0.2) is 56.3 Å². The van der Waals surface area contributed by atoms with E-state index in [0.717, 1.165) is 45.0 Å². The van der Waals surface area contributed by atoms with E-state index in [1.807, 2.05) is 6.07 Å². The zero-order valence-corrected chi connectivity index (χ0v) is 22.6. The minimum Gasteiger partial charge on any atom is -0.456 e. The second-order valence-corrected chi connectivity index (χ2v) is 11.9. The molecule has 0 radical (unpaired) electrons. The van der Waals surface area contributed by atoms with E-state index in [1.54, 1.807) is 11.8 Å². The summed E-state index contributed by atoms with van der Waals surface area (Å²) >= 11 is 1.74. The van der Waals surface area contributed by atoms with Crippen LogP contribution in [-0.2, 0) is 10.1 Å². The zero-order chi connectivity index (χ0) is 25.3. The molecular formula is C28H33NO4S2. The Morgan fingerprint density at radius 1 is 1.09 bits per heavy atom. The van der Waals surface area contributed by atoms with E-state index in [9.17, 15) is 8.42 Å². The van der Waals surface area contributed by atoms with Crippen LogP contribution >= 0.6 is 11.8 Å². The Morgan fingerprint density at radius 2 is 1.83 bits per heavy atom. The van der Waals surface area contributed by atoms with Crippen LogP contribution in [0.2, 0.25) is 0 Å². The molecule has 0 saturated heterocycles. The maximum absolute atomic E-state index is 11.2. The highest BCUT2D eigenvalue weighted by molar-refractivity contribution is 8.03. The molecule has 5 nitrogen and oxygen atoms in total. The molecule has 0 spiro atoms. The van der Waals surface area contributed by atoms with E-state index >= 15 is 0 Å². The molecule has 1 aromatic heterocycles. The summed E-state index contributed by atoms with van der Waals surface area (Å²) < 4.78 is 37.6. The molecule has 0 fully saturated rings. The molecule has 1 aliphatic rings. The first-order chi connectivity index (χ1) is 16.6. The van der Waals surface area contributed by atoms with Crippen molar-refractivity contribution in [1.29, 1.82) is 0 Å². The third kappa shape index (κ3) is 5.85. The van der Waals surface area contributed by atoms with Gasteiger partial charge in [0.25, 0.3) is 10.1 Å². The van der Waals surface area contributed by atoms with E-state index in [0.29, 0.717) is 19.4 Å². The van der Waals surface area contributed by atoms with Gasteiger partial charge in [-0.3, -0.25) is 4.55 Å². The predicted octanol–water partition coefficient (Wildman–Crippen LogP) is 7.58. The summed E-state index contributed by atoms with van der Waals surface area (Å²) in [5.74, 6) is 0.670. The predicted molar refractivity (Wildman–Crippen MR) is 147 cm³/mol. The molecule has 0 saturated carbocycles. The molecule has 0 unspecified atom stereocenters. The summed E-state index contributed by atoms with van der Waals surface area (Å²) in [6.07, 6.45) is 6.29. The highest BCUT2D eigenvalue weighted by atomic mass is 32.2. The Hall–Kier alpha value is -2.48. The lowest BCUT2D eigenvalue weighted by Gasteiger charge is -2.21. The molecule has 35 heavy (non-hydrogen) atoms. The van der Waals surface area contributed by atoms with Crippen molar-refractivity contribution in [3.8, 4) is 0 Å². The first-order valence-corrected chi connectivity index (χ1v) is 14.4. The van der Waals surface area contributed by atoms with Crippen molar-refractivity contribution in [2.75, 3.05) is 17.2 Å². The minimum absolute atomic E-state index is 0.211. The molecule has 0 atom stereocenters. The number of allylic oxidation sites excluding steroid dienone is 2. The van der Waals surface area contributed by atoms with Crippen molar-refractivity contribution in [2.45, 2.75) is 58.8 Å². The third-order valence-electron chi connectivity index (χ3n) is 6.54. The fourth-order valence-corrected chi connectivity index (χ4v) is 6.12. The van der Waals surface area contributed by atoms with Crippen molar-refractivity contribution < 1.29 is 17.4 Å². The smallest absolute Gasteiger partial charge is 0.264 e. The maximum atomic E-state index is 11.2. The first-order valence-electron chi connectivity index (χ1n) is 12.0. The van der Waals surface area contributed by atoms with Gasteiger partial charge in [0.2, 0.25) is 0 Å². The fraction of sp³-hybridized carbons (Fsp3) is 0.357. The number of anilines is 1. The van der Waals surface area contributed by atoms with Crippen molar-refractivity contribution in [2.24, 2.45) is 0 Å². The lowest BCUT2D eigenvalue weighted by Crippen LogP contribution is -2.20. The lowest BCUT2D eigenvalue weighted by atomic mass is 10.1. The Balaban J connectivity index is 1.67. The van der Waals surface area contributed by atoms with Gasteiger partial charge in [-0.2, -0.15) is 8.42 Å². The van der Waals surface area contributed by atoms with Gasteiger partial charge in [0.1, 0.15) is 11.3 Å². The summed E-state index contributed by atoms with van der Waals surface area (Å²) in [7, 11) is -3.94. The van der Waals surface area contributed by atoms with Gasteiger partial charge >= 0.3 is 0 Å². The van der Waals surface area contributed by atoms with Gasteiger partial charge in [0.05, 0.1) is 16.5 Å². The van der Waals surface area contributed by atoms with E-state index in [4.69, 9.17) is 8.97 Å². The average molecular weight is 512 g/mol. The van der Waals surface area contributed by atoms with Crippen molar-refractivity contribution in [3.05, 3.63) is 75.0 Å². The SMILES string of the molecule is CCC(=Cc1oc2ccc(C)cc2c1C)/C=C1\Sc2cc(C)c(C)cc2N1CCCCS(=O)(=O)O. The second kappa shape index (κ2) is 10.2. The molecule has 0 amide bonds. The van der Waals surface area contributed by atoms with Crippen LogP contribution in [0.4, 0.5) is 5.69 Å². The van der Waals surface area contributed by atoms with Crippen LogP contribution in [0, 0.1) is 27.7 Å². The van der Waals surface area contributed by atoms with Crippen LogP contribution < -0.4 is 4.90 Å². The van der Waals surface area contributed by atoms with Gasteiger partial charge in [-0.15, -0.1) is 0 Å². The average Bonchev–Trinajstić information content (AvgIpc) is 3.27. The number of hydrogen-bond acceptors (Lipinski definition) is 5. The lowest BCUT2D eigenvalue weighted by molar-refractivity contribution is 0.480. The quantitative estimate of drug-likeness (QED) is 0.248. The Morgan fingerprint density at radius 3 is 2.54 bits per heavy atom. The van der Waals surface area contributed by atoms with Crippen LogP contribution in [0.25, 0.3) is 17.0 Å². The summed E-state index contributed by atoms with van der Waals surface area (Å²) in [4.78, 5) is 3.48. The minimum atomic E-state index is -3.94. The molecule has 2 heterocycles. The number of unbranched alkanes of at least 4 members (excludes halogenated alkanes) is 1. The van der Waals surface area contributed by atoms with Gasteiger partial charge in [-0.1, -0.05) is 30.3 Å². The number of benzene rings is 2. The molecule has 7 heteroatoms. The van der Waals surface area contributed by atoms with Gasteiger partial charge < -0.3 is 9.32 Å². The fourth-order valence-electron chi connectivity index (χ4n) is 4.31. The number of hydrogen-bond donors (Lipinski definition) is 1. The molecule has 3 aromatic rings. The number of furan rings is 1. The molecule has 1 aliphatic heterocycles. The standard InChI is InChI=1S/C28H33NO4S2/c1-6-22(16-26-21(5)23-13-18(2)9-10-25(23)33-26)17-28-29(11-7-8-12-35(30,31)32)24-14-19(3)20(4)15-27(24)34-28/h9-10,13-17H,6-8,11-12H2,1-5H3,(H,30,31,32)/b22-16?,28-17-. The number of nitrogens with zero attached hydrogens (tertiary/aromatic N) is 1. The number of thioether (sulfide) groups is 1. The van der Waals surface area contributed by atoms with E-state index in [1.165, 1.54) is 21.6 Å². The van der Waals surface area contributed by atoms with Gasteiger partial charge in [-0.25, -0.2) is 0 Å². The molecule has 186 valence electrons. The van der Waals surface area contributed by atoms with E-state index in [-0.39, 0.29) is 5.75 Å². The zero-order valence-electron chi connectivity index (χ0n) is 21.0. The molecule has 0 bridgehead atoms. The van der Waals surface area contributed by atoms with Crippen LogP contribution in [0.5, 0.6) is 0 Å². The van der Waals surface area contributed by atoms with E-state index in [2.05, 4.69) is 75.9 Å². The second-order valence-electron chi connectivity index (χ2n) is 9.30. The third-order valence-corrected chi connectivity index (χ3v) is 8.44. The van der Waals surface area contributed by atoms with Crippen molar-refractivity contribution >= 4 is 44.6 Å². The Kier molecular flexibility index (Phi) is 7.50. The molecule has 2 aromatic carbocycles. The van der Waals surface area contributed by atoms with Crippen molar-refractivity contribution in [1.82, 2.24) is 0 Å². The monoisotopic (exact) mass is 511 g/mol. The summed E-state index contributed by atoms with van der Waals surface area (Å²) in [5, 5.41) is 2.27. The Labute approximate surface area is 212 Å². The molecule has 0 aliphatic carbocycles. The molecule has 1 N–H and O–H groups in total. The van der Waals surface area contributed by atoms with Gasteiger partial charge in [0, 0.05) is 22.4 Å². The Bertz CT molecular complexity index is 1430. The van der Waals surface area contributed by atoms with Gasteiger partial charge in [0.15, 0.2) is 0 Å². The summed E-state index contributed by atoms with van der Waals surface area (Å²) in [6.45, 7) is 11.3. The summed E-state index contributed by atoms with van der Waals surface area (Å²) in [5.41, 5.74) is 8.05. The van der Waals surface area contributed by atoms with E-state index < -0.39 is 10.1 Å². The van der Waals surface area contributed by atoms with Gasteiger partial charge in [-0.05, 0) is 100 Å². The van der Waals surface area contributed by atoms with Crippen LogP contribution in [-0.4, -0.2) is 25.3 Å². The normalized spacial score (nSPS) is 15.4. The topological polar surface area (TPSA) is 70.8 Å². The number of fused-ring (bicyclic) bond motifs is 2. The number of rotatable bonds is 8. The van der Waals surface area contributed by atoms with Crippen LogP contribution in [0.1, 0.15) is 54.2 Å².